The number of aryl methyl sites for hydroxylation is 1. The summed E-state index contributed by atoms with van der Waals surface area (Å²) in [5, 5.41) is 2.87. The Kier molecular flexibility index (Phi) is 7.13. The van der Waals surface area contributed by atoms with E-state index in [0.717, 1.165) is 16.3 Å². The number of nitrogens with one attached hydrogen (secondary N) is 1. The zero-order valence-corrected chi connectivity index (χ0v) is 18.5. The number of hydrogen-bond acceptors (Lipinski definition) is 5. The Morgan fingerprint density at radius 2 is 1.66 bits per heavy atom. The summed E-state index contributed by atoms with van der Waals surface area (Å²) in [6.07, 6.45) is 0.742. The van der Waals surface area contributed by atoms with Crippen LogP contribution in [0.15, 0.2) is 41.3 Å². The zero-order valence-electron chi connectivity index (χ0n) is 17.6. The van der Waals surface area contributed by atoms with Crippen LogP contribution in [0.3, 0.4) is 0 Å². The van der Waals surface area contributed by atoms with Gasteiger partial charge in [-0.3, -0.25) is 9.10 Å². The average molecular weight is 421 g/mol. The van der Waals surface area contributed by atoms with Crippen LogP contribution in [-0.4, -0.2) is 41.6 Å². The van der Waals surface area contributed by atoms with Gasteiger partial charge in [0.15, 0.2) is 11.5 Å². The van der Waals surface area contributed by atoms with E-state index in [1.54, 1.807) is 24.3 Å². The van der Waals surface area contributed by atoms with Crippen LogP contribution in [-0.2, 0) is 10.0 Å². The largest absolute Gasteiger partial charge is 0.493 e. The van der Waals surface area contributed by atoms with Gasteiger partial charge in [0.2, 0.25) is 0 Å². The number of sulfonamides is 1. The minimum absolute atomic E-state index is 0.0672. The van der Waals surface area contributed by atoms with E-state index < -0.39 is 10.0 Å². The van der Waals surface area contributed by atoms with Gasteiger partial charge in [-0.15, -0.1) is 0 Å². The van der Waals surface area contributed by atoms with Crippen molar-refractivity contribution in [3.05, 3.63) is 47.5 Å². The van der Waals surface area contributed by atoms with Crippen LogP contribution in [0.4, 0.5) is 5.69 Å². The second-order valence-electron chi connectivity index (χ2n) is 6.79. The smallest absolute Gasteiger partial charge is 0.264 e. The van der Waals surface area contributed by atoms with E-state index in [-0.39, 0.29) is 28.1 Å². The van der Waals surface area contributed by atoms with Crippen molar-refractivity contribution in [2.75, 3.05) is 25.6 Å². The van der Waals surface area contributed by atoms with Gasteiger partial charge in [0.25, 0.3) is 15.9 Å². The second-order valence-corrected chi connectivity index (χ2v) is 8.76. The van der Waals surface area contributed by atoms with Crippen LogP contribution < -0.4 is 19.1 Å². The molecule has 0 fully saturated rings. The number of carbonyl (C=O) groups is 1. The van der Waals surface area contributed by atoms with Crippen LogP contribution in [0, 0.1) is 6.92 Å². The average Bonchev–Trinajstić information content (AvgIpc) is 2.72. The van der Waals surface area contributed by atoms with Gasteiger partial charge in [0.1, 0.15) is 0 Å². The Morgan fingerprint density at radius 3 is 2.17 bits per heavy atom. The predicted molar refractivity (Wildman–Crippen MR) is 114 cm³/mol. The van der Waals surface area contributed by atoms with Crippen molar-refractivity contribution in [2.24, 2.45) is 0 Å². The van der Waals surface area contributed by atoms with Crippen molar-refractivity contribution in [2.45, 2.75) is 38.1 Å². The highest BCUT2D eigenvalue weighted by atomic mass is 32.2. The van der Waals surface area contributed by atoms with E-state index in [2.05, 4.69) is 5.32 Å². The number of carbonyl (C=O) groups excluding carboxylic acids is 1. The molecule has 0 aliphatic rings. The molecule has 0 unspecified atom stereocenters. The minimum atomic E-state index is -3.89. The summed E-state index contributed by atoms with van der Waals surface area (Å²) in [4.78, 5) is 13.0. The normalized spacial score (nSPS) is 12.2. The Balaban J connectivity index is 2.61. The molecule has 0 radical (unpaired) electrons. The van der Waals surface area contributed by atoms with E-state index in [9.17, 15) is 13.2 Å². The molecule has 0 aliphatic heterocycles. The lowest BCUT2D eigenvalue weighted by Crippen LogP contribution is -2.34. The van der Waals surface area contributed by atoms with Gasteiger partial charge in [-0.1, -0.05) is 24.6 Å². The highest BCUT2D eigenvalue weighted by molar-refractivity contribution is 7.92. The first-order valence-corrected chi connectivity index (χ1v) is 10.7. The molecule has 0 saturated carbocycles. The highest BCUT2D eigenvalue weighted by Gasteiger charge is 2.27. The van der Waals surface area contributed by atoms with Gasteiger partial charge in [0.05, 0.1) is 30.4 Å². The van der Waals surface area contributed by atoms with Crippen LogP contribution in [0.1, 0.15) is 36.2 Å². The maximum Gasteiger partial charge on any atom is 0.264 e. The standard InChI is InChI=1S/C21H28N2O5S/c1-7-15(3)22-21(24)17-12-19(27-5)20(28-6)13-18(17)23(4)29(25,26)16-10-8-14(2)9-11-16/h8-13,15H,7H2,1-6H3,(H,22,24)/t15-/m1/s1. The molecular weight excluding hydrogens is 392 g/mol. The highest BCUT2D eigenvalue weighted by Crippen LogP contribution is 2.36. The molecular formula is C21H28N2O5S. The van der Waals surface area contributed by atoms with Gasteiger partial charge in [-0.05, 0) is 38.5 Å². The van der Waals surface area contributed by atoms with Crippen molar-refractivity contribution in [1.29, 1.82) is 0 Å². The van der Waals surface area contributed by atoms with Gasteiger partial charge >= 0.3 is 0 Å². The predicted octanol–water partition coefficient (Wildman–Crippen LogP) is 3.37. The van der Waals surface area contributed by atoms with Crippen LogP contribution in [0.2, 0.25) is 0 Å². The van der Waals surface area contributed by atoms with Gasteiger partial charge < -0.3 is 14.8 Å². The van der Waals surface area contributed by atoms with Crippen molar-refractivity contribution in [3.8, 4) is 11.5 Å². The zero-order chi connectivity index (χ0) is 21.8. The summed E-state index contributed by atoms with van der Waals surface area (Å²) < 4.78 is 38.1. The summed E-state index contributed by atoms with van der Waals surface area (Å²) in [5.41, 5.74) is 1.33. The quantitative estimate of drug-likeness (QED) is 0.708. The maximum atomic E-state index is 13.2. The second kappa shape index (κ2) is 9.17. The number of ether oxygens (including phenoxy) is 2. The lowest BCUT2D eigenvalue weighted by Gasteiger charge is -2.24. The van der Waals surface area contributed by atoms with Crippen molar-refractivity contribution < 1.29 is 22.7 Å². The Bertz CT molecular complexity index is 971. The Morgan fingerprint density at radius 1 is 1.10 bits per heavy atom. The number of nitrogens with zero attached hydrogens (tertiary/aromatic N) is 1. The third-order valence-corrected chi connectivity index (χ3v) is 6.54. The van der Waals surface area contributed by atoms with E-state index >= 15 is 0 Å². The molecule has 0 saturated heterocycles. The third-order valence-electron chi connectivity index (χ3n) is 4.75. The number of methoxy groups -OCH3 is 2. The molecule has 158 valence electrons. The third kappa shape index (κ3) is 4.82. The Hall–Kier alpha value is -2.74. The van der Waals surface area contributed by atoms with Crippen molar-refractivity contribution in [1.82, 2.24) is 5.32 Å². The lowest BCUT2D eigenvalue weighted by atomic mass is 10.1. The number of amides is 1. The maximum absolute atomic E-state index is 13.2. The summed E-state index contributed by atoms with van der Waals surface area (Å²) >= 11 is 0. The van der Waals surface area contributed by atoms with Gasteiger partial charge in [-0.2, -0.15) is 0 Å². The Labute approximate surface area is 172 Å². The molecule has 2 aromatic carbocycles. The summed E-state index contributed by atoms with van der Waals surface area (Å²) in [6.45, 7) is 5.71. The van der Waals surface area contributed by atoms with Gasteiger partial charge in [-0.25, -0.2) is 8.42 Å². The number of hydrogen-bond donors (Lipinski definition) is 1. The first kappa shape index (κ1) is 22.5. The molecule has 0 aliphatic carbocycles. The SMILES string of the molecule is CC[C@@H](C)NC(=O)c1cc(OC)c(OC)cc1N(C)S(=O)(=O)c1ccc(C)cc1. The fourth-order valence-corrected chi connectivity index (χ4v) is 3.92. The van der Waals surface area contributed by atoms with Crippen LogP contribution >= 0.6 is 0 Å². The molecule has 8 heteroatoms. The molecule has 2 aromatic rings. The molecule has 1 N–H and O–H groups in total. The van der Waals surface area contributed by atoms with Gasteiger partial charge in [0, 0.05) is 19.2 Å². The van der Waals surface area contributed by atoms with Crippen molar-refractivity contribution in [3.63, 3.8) is 0 Å². The molecule has 7 nitrogen and oxygen atoms in total. The number of rotatable bonds is 8. The fraction of sp³-hybridized carbons (Fsp3) is 0.381. The molecule has 2 rings (SSSR count). The molecule has 1 amide bonds. The van der Waals surface area contributed by atoms with E-state index in [4.69, 9.17) is 9.47 Å². The number of anilines is 1. The van der Waals surface area contributed by atoms with Crippen LogP contribution in [0.5, 0.6) is 11.5 Å². The molecule has 29 heavy (non-hydrogen) atoms. The molecule has 0 aromatic heterocycles. The summed E-state index contributed by atoms with van der Waals surface area (Å²) in [6, 6.07) is 9.46. The first-order valence-electron chi connectivity index (χ1n) is 9.28. The molecule has 0 heterocycles. The van der Waals surface area contributed by atoms with Crippen LogP contribution in [0.25, 0.3) is 0 Å². The van der Waals surface area contributed by atoms with Crippen molar-refractivity contribution >= 4 is 21.6 Å². The van der Waals surface area contributed by atoms with E-state index in [1.807, 2.05) is 20.8 Å². The topological polar surface area (TPSA) is 84.9 Å². The summed E-state index contributed by atoms with van der Waals surface area (Å²) in [5.74, 6) is 0.279. The van der Waals surface area contributed by atoms with E-state index in [0.29, 0.717) is 11.5 Å². The molecule has 1 atom stereocenters. The van der Waals surface area contributed by atoms with E-state index in [1.165, 1.54) is 33.4 Å². The molecule has 0 spiro atoms. The summed E-state index contributed by atoms with van der Waals surface area (Å²) in [7, 11) is 0.439. The lowest BCUT2D eigenvalue weighted by molar-refractivity contribution is 0.0939. The molecule has 0 bridgehead atoms. The fourth-order valence-electron chi connectivity index (χ4n) is 2.71. The first-order chi connectivity index (χ1) is 13.6. The monoisotopic (exact) mass is 420 g/mol. The number of benzene rings is 2. The minimum Gasteiger partial charge on any atom is -0.493 e.